The highest BCUT2D eigenvalue weighted by atomic mass is 16.7. The Hall–Kier alpha value is -1.84. The molecule has 1 aliphatic heterocycles. The molecule has 106 valence electrons. The van der Waals surface area contributed by atoms with E-state index in [0.717, 1.165) is 24.1 Å². The fourth-order valence-corrected chi connectivity index (χ4v) is 2.86. The number of carbonyl (C=O) groups is 1. The largest absolute Gasteiger partial charge is 0.379 e. The van der Waals surface area contributed by atoms with E-state index < -0.39 is 5.60 Å². The highest BCUT2D eigenvalue weighted by Crippen LogP contribution is 2.28. The summed E-state index contributed by atoms with van der Waals surface area (Å²) in [7, 11) is 0. The van der Waals surface area contributed by atoms with Crippen molar-refractivity contribution in [2.24, 2.45) is 5.16 Å². The Labute approximate surface area is 119 Å². The molecule has 0 saturated heterocycles. The normalized spacial score (nSPS) is 26.1. The van der Waals surface area contributed by atoms with Crippen LogP contribution >= 0.6 is 0 Å². The lowest BCUT2D eigenvalue weighted by molar-refractivity contribution is -0.142. The van der Waals surface area contributed by atoms with Crippen LogP contribution in [0, 0.1) is 0 Å². The second-order valence-corrected chi connectivity index (χ2v) is 5.86. The number of carbonyl (C=O) groups excluding carboxylic acids is 1. The number of hydrogen-bond donors (Lipinski definition) is 1. The molecule has 1 heterocycles. The van der Waals surface area contributed by atoms with Crippen molar-refractivity contribution in [1.82, 2.24) is 5.32 Å². The monoisotopic (exact) mass is 272 g/mol. The first-order valence-corrected chi connectivity index (χ1v) is 7.29. The minimum Gasteiger partial charge on any atom is -0.379 e. The molecule has 1 aliphatic carbocycles. The lowest BCUT2D eigenvalue weighted by atomic mass is 9.95. The average Bonchev–Trinajstić information content (AvgIpc) is 3.10. The van der Waals surface area contributed by atoms with Gasteiger partial charge in [-0.3, -0.25) is 4.79 Å². The SMILES string of the molecule is C[C@]1(C(=O)NC2CCCC2)CC(c2ccccc2)=NO1. The zero-order chi connectivity index (χ0) is 14.0. The molecule has 0 unspecified atom stereocenters. The van der Waals surface area contributed by atoms with Crippen LogP contribution in [0.1, 0.15) is 44.6 Å². The molecule has 1 N–H and O–H groups in total. The zero-order valence-corrected chi connectivity index (χ0v) is 11.8. The van der Waals surface area contributed by atoms with Crippen molar-refractivity contribution in [2.45, 2.75) is 50.7 Å². The van der Waals surface area contributed by atoms with Gasteiger partial charge in [-0.05, 0) is 25.3 Å². The van der Waals surface area contributed by atoms with Crippen molar-refractivity contribution in [3.63, 3.8) is 0 Å². The molecule has 4 nitrogen and oxygen atoms in total. The summed E-state index contributed by atoms with van der Waals surface area (Å²) in [5, 5.41) is 7.21. The predicted molar refractivity (Wildman–Crippen MR) is 77.5 cm³/mol. The molecule has 1 atom stereocenters. The van der Waals surface area contributed by atoms with Crippen LogP contribution < -0.4 is 5.32 Å². The first kappa shape index (κ1) is 13.2. The van der Waals surface area contributed by atoms with Crippen LogP contribution in [0.15, 0.2) is 35.5 Å². The van der Waals surface area contributed by atoms with Gasteiger partial charge in [-0.15, -0.1) is 0 Å². The summed E-state index contributed by atoms with van der Waals surface area (Å²) < 4.78 is 0. The molecule has 1 amide bonds. The van der Waals surface area contributed by atoms with Gasteiger partial charge in [0.1, 0.15) is 0 Å². The molecule has 2 aliphatic rings. The molecule has 4 heteroatoms. The molecule has 1 aromatic rings. The highest BCUT2D eigenvalue weighted by molar-refractivity contribution is 6.05. The maximum atomic E-state index is 12.4. The van der Waals surface area contributed by atoms with Gasteiger partial charge in [0, 0.05) is 12.5 Å². The smallest absolute Gasteiger partial charge is 0.267 e. The standard InChI is InChI=1S/C16H20N2O2/c1-16(15(19)17-13-9-5-6-10-13)11-14(18-20-16)12-7-3-2-4-8-12/h2-4,7-8,13H,5-6,9-11H2,1H3,(H,17,19)/t16-/m1/s1. The quantitative estimate of drug-likeness (QED) is 0.919. The molecule has 0 radical (unpaired) electrons. The third-order valence-electron chi connectivity index (χ3n) is 4.14. The Balaban J connectivity index is 1.65. The van der Waals surface area contributed by atoms with Crippen molar-refractivity contribution in [3.8, 4) is 0 Å². The molecule has 20 heavy (non-hydrogen) atoms. The first-order chi connectivity index (χ1) is 9.67. The van der Waals surface area contributed by atoms with Crippen LogP contribution in [0.5, 0.6) is 0 Å². The maximum Gasteiger partial charge on any atom is 0.267 e. The van der Waals surface area contributed by atoms with Gasteiger partial charge in [0.2, 0.25) is 5.60 Å². The fourth-order valence-electron chi connectivity index (χ4n) is 2.86. The van der Waals surface area contributed by atoms with E-state index in [1.54, 1.807) is 0 Å². The van der Waals surface area contributed by atoms with Crippen LogP contribution in [0.4, 0.5) is 0 Å². The van der Waals surface area contributed by atoms with Gasteiger partial charge in [-0.2, -0.15) is 0 Å². The minimum atomic E-state index is -0.867. The Bertz CT molecular complexity index is 521. The summed E-state index contributed by atoms with van der Waals surface area (Å²) >= 11 is 0. The summed E-state index contributed by atoms with van der Waals surface area (Å²) in [4.78, 5) is 17.8. The lowest BCUT2D eigenvalue weighted by Crippen LogP contribution is -2.48. The van der Waals surface area contributed by atoms with Crippen LogP contribution in [-0.4, -0.2) is 23.3 Å². The van der Waals surface area contributed by atoms with Gasteiger partial charge in [0.25, 0.3) is 5.91 Å². The van der Waals surface area contributed by atoms with Crippen molar-refractivity contribution >= 4 is 11.6 Å². The summed E-state index contributed by atoms with van der Waals surface area (Å²) in [5.41, 5.74) is 0.993. The number of benzene rings is 1. The molecule has 1 fully saturated rings. The van der Waals surface area contributed by atoms with Crippen LogP contribution in [0.2, 0.25) is 0 Å². The zero-order valence-electron chi connectivity index (χ0n) is 11.8. The van der Waals surface area contributed by atoms with Crippen molar-refractivity contribution in [1.29, 1.82) is 0 Å². The van der Waals surface area contributed by atoms with E-state index in [9.17, 15) is 4.79 Å². The Morgan fingerprint density at radius 2 is 2.00 bits per heavy atom. The number of amides is 1. The summed E-state index contributed by atoms with van der Waals surface area (Å²) in [5.74, 6) is -0.0425. The maximum absolute atomic E-state index is 12.4. The van der Waals surface area contributed by atoms with E-state index in [4.69, 9.17) is 4.84 Å². The molecule has 0 bridgehead atoms. The van der Waals surface area contributed by atoms with E-state index in [1.807, 2.05) is 37.3 Å². The number of oxime groups is 1. The second-order valence-electron chi connectivity index (χ2n) is 5.86. The molecule has 1 saturated carbocycles. The lowest BCUT2D eigenvalue weighted by Gasteiger charge is -2.23. The molecular formula is C16H20N2O2. The number of hydrogen-bond acceptors (Lipinski definition) is 3. The van der Waals surface area contributed by atoms with Crippen molar-refractivity contribution < 1.29 is 9.63 Å². The van der Waals surface area contributed by atoms with Gasteiger partial charge in [0.05, 0.1) is 5.71 Å². The van der Waals surface area contributed by atoms with E-state index in [0.29, 0.717) is 12.5 Å². The van der Waals surface area contributed by atoms with Crippen molar-refractivity contribution in [3.05, 3.63) is 35.9 Å². The Kier molecular flexibility index (Phi) is 3.47. The number of rotatable bonds is 3. The van der Waals surface area contributed by atoms with Crippen LogP contribution in [0.3, 0.4) is 0 Å². The van der Waals surface area contributed by atoms with Crippen LogP contribution in [0.25, 0.3) is 0 Å². The molecular weight excluding hydrogens is 252 g/mol. The van der Waals surface area contributed by atoms with E-state index in [-0.39, 0.29) is 5.91 Å². The average molecular weight is 272 g/mol. The molecule has 3 rings (SSSR count). The summed E-state index contributed by atoms with van der Waals surface area (Å²) in [6.07, 6.45) is 5.08. The van der Waals surface area contributed by atoms with Crippen LogP contribution in [-0.2, 0) is 9.63 Å². The minimum absolute atomic E-state index is 0.0425. The Morgan fingerprint density at radius 3 is 2.70 bits per heavy atom. The third kappa shape index (κ3) is 2.55. The first-order valence-electron chi connectivity index (χ1n) is 7.29. The fraction of sp³-hybridized carbons (Fsp3) is 0.500. The van der Waals surface area contributed by atoms with E-state index >= 15 is 0 Å². The predicted octanol–water partition coefficient (Wildman–Crippen LogP) is 2.63. The third-order valence-corrected chi connectivity index (χ3v) is 4.14. The van der Waals surface area contributed by atoms with E-state index in [1.165, 1.54) is 12.8 Å². The van der Waals surface area contributed by atoms with Gasteiger partial charge in [-0.25, -0.2) is 0 Å². The van der Waals surface area contributed by atoms with Crippen molar-refractivity contribution in [2.75, 3.05) is 0 Å². The molecule has 0 spiro atoms. The highest BCUT2D eigenvalue weighted by Gasteiger charge is 2.43. The topological polar surface area (TPSA) is 50.7 Å². The van der Waals surface area contributed by atoms with Gasteiger partial charge in [0.15, 0.2) is 0 Å². The summed E-state index contributed by atoms with van der Waals surface area (Å²) in [6, 6.07) is 10.2. The second kappa shape index (κ2) is 5.27. The van der Waals surface area contributed by atoms with E-state index in [2.05, 4.69) is 10.5 Å². The van der Waals surface area contributed by atoms with Gasteiger partial charge >= 0.3 is 0 Å². The summed E-state index contributed by atoms with van der Waals surface area (Å²) in [6.45, 7) is 1.82. The number of nitrogens with one attached hydrogen (secondary N) is 1. The molecule has 1 aromatic carbocycles. The number of nitrogens with zero attached hydrogens (tertiary/aromatic N) is 1. The van der Waals surface area contributed by atoms with Gasteiger partial charge in [-0.1, -0.05) is 48.3 Å². The van der Waals surface area contributed by atoms with Gasteiger partial charge < -0.3 is 10.2 Å². The Morgan fingerprint density at radius 1 is 1.30 bits per heavy atom. The molecule has 0 aromatic heterocycles.